The minimum atomic E-state index is 0.212. The number of benzene rings is 1. The topological polar surface area (TPSA) is 43.1 Å². The van der Waals surface area contributed by atoms with E-state index in [0.717, 1.165) is 23.1 Å². The molecule has 88 valence electrons. The van der Waals surface area contributed by atoms with Gasteiger partial charge in [-0.05, 0) is 38.4 Å². The predicted octanol–water partition coefficient (Wildman–Crippen LogP) is 2.86. The van der Waals surface area contributed by atoms with Gasteiger partial charge in [0, 0.05) is 12.0 Å². The van der Waals surface area contributed by atoms with Crippen LogP contribution in [0.15, 0.2) is 18.2 Å². The molecule has 1 rings (SSSR count). The number of hydrogen-bond acceptors (Lipinski definition) is 2. The minimum absolute atomic E-state index is 0.212. The maximum Gasteiger partial charge on any atom is 0.163 e. The number of aryl methyl sites for hydroxylation is 2. The highest BCUT2D eigenvalue weighted by Gasteiger charge is 2.12. The third kappa shape index (κ3) is 3.46. The number of nitrogens with two attached hydrogens (primary N) is 1. The number of Topliss-reactive ketones (excluding diaryl/α,β-unsaturated/α-hetero) is 1. The second-order valence-electron chi connectivity index (χ2n) is 4.51. The normalized spacial score (nSPS) is 12.5. The number of carbonyl (C=O) groups is 1. The molecule has 0 radical (unpaired) electrons. The summed E-state index contributed by atoms with van der Waals surface area (Å²) in [5.74, 6) is 0.525. The number of hydrogen-bond donors (Lipinski definition) is 1. The highest BCUT2D eigenvalue weighted by Crippen LogP contribution is 2.15. The van der Waals surface area contributed by atoms with E-state index in [9.17, 15) is 4.79 Å². The van der Waals surface area contributed by atoms with E-state index < -0.39 is 0 Å². The predicted molar refractivity (Wildman–Crippen MR) is 67.7 cm³/mol. The molecule has 2 N–H and O–H groups in total. The molecule has 0 aliphatic heterocycles. The number of ketones is 1. The van der Waals surface area contributed by atoms with Gasteiger partial charge in [-0.15, -0.1) is 0 Å². The van der Waals surface area contributed by atoms with Crippen molar-refractivity contribution in [3.63, 3.8) is 0 Å². The van der Waals surface area contributed by atoms with Gasteiger partial charge in [-0.25, -0.2) is 0 Å². The fraction of sp³-hybridized carbons (Fsp3) is 0.500. The Morgan fingerprint density at radius 3 is 2.25 bits per heavy atom. The average Bonchev–Trinajstić information content (AvgIpc) is 2.24. The minimum Gasteiger partial charge on any atom is -0.330 e. The zero-order chi connectivity index (χ0) is 12.1. The van der Waals surface area contributed by atoms with E-state index in [1.54, 1.807) is 0 Å². The van der Waals surface area contributed by atoms with E-state index in [2.05, 4.69) is 13.0 Å². The molecule has 0 saturated heterocycles. The van der Waals surface area contributed by atoms with Gasteiger partial charge in [0.05, 0.1) is 0 Å². The number of rotatable bonds is 5. The Balaban J connectivity index is 2.80. The molecule has 16 heavy (non-hydrogen) atoms. The van der Waals surface area contributed by atoms with Crippen LogP contribution in [0.4, 0.5) is 0 Å². The highest BCUT2D eigenvalue weighted by molar-refractivity contribution is 5.96. The molecule has 0 aliphatic carbocycles. The molecule has 0 aliphatic rings. The summed E-state index contributed by atoms with van der Waals surface area (Å²) in [4.78, 5) is 12.0. The van der Waals surface area contributed by atoms with Crippen molar-refractivity contribution in [2.24, 2.45) is 11.7 Å². The van der Waals surface area contributed by atoms with Gasteiger partial charge in [0.2, 0.25) is 0 Å². The molecule has 0 saturated carbocycles. The largest absolute Gasteiger partial charge is 0.330 e. The Morgan fingerprint density at radius 2 is 1.81 bits per heavy atom. The summed E-state index contributed by atoms with van der Waals surface area (Å²) in [5, 5.41) is 0. The molecule has 1 atom stereocenters. The van der Waals surface area contributed by atoms with Crippen molar-refractivity contribution in [2.75, 3.05) is 6.54 Å². The molecule has 2 heteroatoms. The Bertz CT molecular complexity index is 347. The molecule has 1 aromatic rings. The zero-order valence-corrected chi connectivity index (χ0v) is 10.4. The van der Waals surface area contributed by atoms with Crippen LogP contribution < -0.4 is 5.73 Å². The van der Waals surface area contributed by atoms with E-state index in [-0.39, 0.29) is 5.78 Å². The first-order valence-electron chi connectivity index (χ1n) is 5.88. The molecule has 2 nitrogen and oxygen atoms in total. The van der Waals surface area contributed by atoms with Gasteiger partial charge in [-0.2, -0.15) is 0 Å². The molecular weight excluding hydrogens is 198 g/mol. The Labute approximate surface area is 97.9 Å². The third-order valence-corrected chi connectivity index (χ3v) is 2.93. The first-order chi connectivity index (χ1) is 7.56. The molecule has 1 aromatic carbocycles. The maximum atomic E-state index is 12.0. The molecule has 0 fully saturated rings. The summed E-state index contributed by atoms with van der Waals surface area (Å²) in [5.41, 5.74) is 8.73. The van der Waals surface area contributed by atoms with Crippen LogP contribution in [0.2, 0.25) is 0 Å². The van der Waals surface area contributed by atoms with Crippen LogP contribution in [0.3, 0.4) is 0 Å². The van der Waals surface area contributed by atoms with Crippen LogP contribution in [0, 0.1) is 19.8 Å². The molecule has 0 aromatic heterocycles. The van der Waals surface area contributed by atoms with Crippen LogP contribution in [0.1, 0.15) is 41.3 Å². The van der Waals surface area contributed by atoms with Gasteiger partial charge < -0.3 is 5.73 Å². The highest BCUT2D eigenvalue weighted by atomic mass is 16.1. The Kier molecular flexibility index (Phi) is 4.69. The van der Waals surface area contributed by atoms with E-state index in [1.807, 2.05) is 26.0 Å². The summed E-state index contributed by atoms with van der Waals surface area (Å²) >= 11 is 0. The van der Waals surface area contributed by atoms with E-state index in [0.29, 0.717) is 18.9 Å². The van der Waals surface area contributed by atoms with Gasteiger partial charge >= 0.3 is 0 Å². The Hall–Kier alpha value is -1.15. The fourth-order valence-electron chi connectivity index (χ4n) is 1.91. The summed E-state index contributed by atoms with van der Waals surface area (Å²) in [6.45, 7) is 6.70. The second kappa shape index (κ2) is 5.80. The quantitative estimate of drug-likeness (QED) is 0.774. The van der Waals surface area contributed by atoms with Crippen molar-refractivity contribution in [1.82, 2.24) is 0 Å². The lowest BCUT2D eigenvalue weighted by Gasteiger charge is -2.11. The lowest BCUT2D eigenvalue weighted by atomic mass is 9.94. The van der Waals surface area contributed by atoms with Crippen molar-refractivity contribution in [2.45, 2.75) is 33.6 Å². The Morgan fingerprint density at radius 1 is 1.25 bits per heavy atom. The van der Waals surface area contributed by atoms with E-state index >= 15 is 0 Å². The van der Waals surface area contributed by atoms with Crippen LogP contribution in [0.25, 0.3) is 0 Å². The first kappa shape index (κ1) is 12.9. The van der Waals surface area contributed by atoms with Gasteiger partial charge in [0.15, 0.2) is 5.78 Å². The molecule has 0 spiro atoms. The summed E-state index contributed by atoms with van der Waals surface area (Å²) in [7, 11) is 0. The summed E-state index contributed by atoms with van der Waals surface area (Å²) in [6.07, 6.45) is 1.53. The fourth-order valence-corrected chi connectivity index (χ4v) is 1.91. The zero-order valence-electron chi connectivity index (χ0n) is 10.4. The first-order valence-corrected chi connectivity index (χ1v) is 5.88. The van der Waals surface area contributed by atoms with Crippen molar-refractivity contribution in [3.8, 4) is 0 Å². The van der Waals surface area contributed by atoms with Crippen molar-refractivity contribution < 1.29 is 4.79 Å². The summed E-state index contributed by atoms with van der Waals surface area (Å²) in [6, 6.07) is 5.99. The second-order valence-corrected chi connectivity index (χ2v) is 4.51. The van der Waals surface area contributed by atoms with Gasteiger partial charge in [0.1, 0.15) is 0 Å². The molecule has 0 heterocycles. The molecule has 0 amide bonds. The van der Waals surface area contributed by atoms with Crippen LogP contribution >= 0.6 is 0 Å². The SMILES string of the molecule is CCC(CN)CC(=O)c1cc(C)cc(C)c1. The lowest BCUT2D eigenvalue weighted by molar-refractivity contribution is 0.0961. The standard InChI is InChI=1S/C14H21NO/c1-4-12(9-15)8-14(16)13-6-10(2)5-11(3)7-13/h5-7,12H,4,8-9,15H2,1-3H3. The third-order valence-electron chi connectivity index (χ3n) is 2.93. The maximum absolute atomic E-state index is 12.0. The molecule has 1 unspecified atom stereocenters. The van der Waals surface area contributed by atoms with Crippen LogP contribution in [-0.4, -0.2) is 12.3 Å². The monoisotopic (exact) mass is 219 g/mol. The van der Waals surface area contributed by atoms with Crippen molar-refractivity contribution in [3.05, 3.63) is 34.9 Å². The van der Waals surface area contributed by atoms with Crippen LogP contribution in [-0.2, 0) is 0 Å². The van der Waals surface area contributed by atoms with Crippen molar-refractivity contribution in [1.29, 1.82) is 0 Å². The van der Waals surface area contributed by atoms with E-state index in [4.69, 9.17) is 5.73 Å². The lowest BCUT2D eigenvalue weighted by Crippen LogP contribution is -2.17. The number of carbonyl (C=O) groups excluding carboxylic acids is 1. The average molecular weight is 219 g/mol. The molecular formula is C14H21NO. The van der Waals surface area contributed by atoms with Gasteiger partial charge in [-0.1, -0.05) is 30.5 Å². The van der Waals surface area contributed by atoms with E-state index in [1.165, 1.54) is 0 Å². The molecule has 0 bridgehead atoms. The smallest absolute Gasteiger partial charge is 0.163 e. The van der Waals surface area contributed by atoms with Crippen molar-refractivity contribution >= 4 is 5.78 Å². The van der Waals surface area contributed by atoms with Gasteiger partial charge in [-0.3, -0.25) is 4.79 Å². The van der Waals surface area contributed by atoms with Crippen LogP contribution in [0.5, 0.6) is 0 Å². The summed E-state index contributed by atoms with van der Waals surface area (Å²) < 4.78 is 0. The van der Waals surface area contributed by atoms with Gasteiger partial charge in [0.25, 0.3) is 0 Å².